The Hall–Kier alpha value is -2.71. The van der Waals surface area contributed by atoms with E-state index in [4.69, 9.17) is 47.0 Å². The number of carbonyl (C=O) groups is 1. The van der Waals surface area contributed by atoms with E-state index >= 15 is 0 Å². The van der Waals surface area contributed by atoms with Gasteiger partial charge < -0.3 is 5.32 Å². The standard InChI is InChI=1S/C24H20Cl3N5OS/c1-2-3-5-14-8-10-15(11-9-14)32-30-20-12-18(26)19(13-21(20)31-32)28-24(34)29-23(33)16-6-4-7-17(25)22(16)27/h4,6-13H,2-3,5H2,1H3,(H2,28,29,33,34). The van der Waals surface area contributed by atoms with Crippen molar-refractivity contribution >= 4 is 74.8 Å². The first-order chi connectivity index (χ1) is 16.4. The summed E-state index contributed by atoms with van der Waals surface area (Å²) >= 11 is 23.8. The third kappa shape index (κ3) is 5.50. The van der Waals surface area contributed by atoms with Crippen LogP contribution in [-0.4, -0.2) is 26.0 Å². The lowest BCUT2D eigenvalue weighted by Gasteiger charge is -2.11. The lowest BCUT2D eigenvalue weighted by Crippen LogP contribution is -2.34. The molecule has 0 aliphatic rings. The number of fused-ring (bicyclic) bond motifs is 1. The molecule has 0 spiro atoms. The van der Waals surface area contributed by atoms with Gasteiger partial charge in [0.15, 0.2) is 5.11 Å². The molecule has 34 heavy (non-hydrogen) atoms. The van der Waals surface area contributed by atoms with Gasteiger partial charge in [-0.2, -0.15) is 4.80 Å². The second-order valence-corrected chi connectivity index (χ2v) is 9.19. The van der Waals surface area contributed by atoms with Gasteiger partial charge in [-0.15, -0.1) is 10.2 Å². The summed E-state index contributed by atoms with van der Waals surface area (Å²) in [6, 6.07) is 16.4. The van der Waals surface area contributed by atoms with Crippen LogP contribution >= 0.6 is 47.0 Å². The molecule has 6 nitrogen and oxygen atoms in total. The minimum Gasteiger partial charge on any atom is -0.331 e. The molecule has 0 aliphatic carbocycles. The number of halogens is 3. The van der Waals surface area contributed by atoms with Gasteiger partial charge in [0, 0.05) is 0 Å². The number of thiocarbonyl (C=S) groups is 1. The van der Waals surface area contributed by atoms with Crippen molar-refractivity contribution in [3.05, 3.63) is 80.8 Å². The number of aryl methyl sites for hydroxylation is 1. The fraction of sp³-hybridized carbons (Fsp3) is 0.167. The number of nitrogens with zero attached hydrogens (tertiary/aromatic N) is 3. The van der Waals surface area contributed by atoms with Crippen LogP contribution in [0.3, 0.4) is 0 Å². The van der Waals surface area contributed by atoms with E-state index in [9.17, 15) is 4.79 Å². The Labute approximate surface area is 217 Å². The Bertz CT molecular complexity index is 1370. The summed E-state index contributed by atoms with van der Waals surface area (Å²) in [5.74, 6) is -0.490. The molecule has 0 aliphatic heterocycles. The molecule has 174 valence electrons. The van der Waals surface area contributed by atoms with Gasteiger partial charge in [0.05, 0.1) is 32.0 Å². The van der Waals surface area contributed by atoms with Crippen LogP contribution in [0.15, 0.2) is 54.6 Å². The molecule has 0 bridgehead atoms. The van der Waals surface area contributed by atoms with Crippen molar-refractivity contribution in [2.75, 3.05) is 5.32 Å². The summed E-state index contributed by atoms with van der Waals surface area (Å²) < 4.78 is 0. The van der Waals surface area contributed by atoms with Crippen LogP contribution in [0.5, 0.6) is 0 Å². The van der Waals surface area contributed by atoms with Crippen LogP contribution in [-0.2, 0) is 6.42 Å². The zero-order valence-electron chi connectivity index (χ0n) is 18.1. The molecule has 1 heterocycles. The molecule has 3 aromatic carbocycles. The number of unbranched alkanes of at least 4 members (excludes halogenated alkanes) is 1. The van der Waals surface area contributed by atoms with Gasteiger partial charge in [0.25, 0.3) is 5.91 Å². The summed E-state index contributed by atoms with van der Waals surface area (Å²) in [5.41, 5.74) is 4.08. The summed E-state index contributed by atoms with van der Waals surface area (Å²) in [7, 11) is 0. The maximum Gasteiger partial charge on any atom is 0.258 e. The zero-order chi connectivity index (χ0) is 24.2. The second-order valence-electron chi connectivity index (χ2n) is 7.59. The first-order valence-electron chi connectivity index (χ1n) is 10.6. The van der Waals surface area contributed by atoms with Crippen LogP contribution in [0.4, 0.5) is 5.69 Å². The Kier molecular flexibility index (Phi) is 7.68. The van der Waals surface area contributed by atoms with Crippen molar-refractivity contribution in [1.82, 2.24) is 20.3 Å². The predicted octanol–water partition coefficient (Wildman–Crippen LogP) is 6.85. The number of benzene rings is 3. The first-order valence-corrected chi connectivity index (χ1v) is 12.1. The molecule has 0 unspecified atom stereocenters. The van der Waals surface area contributed by atoms with E-state index in [1.54, 1.807) is 35.1 Å². The number of carbonyl (C=O) groups excluding carboxylic acids is 1. The number of hydrogen-bond donors (Lipinski definition) is 2. The van der Waals surface area contributed by atoms with Gasteiger partial charge in [0.2, 0.25) is 0 Å². The third-order valence-electron chi connectivity index (χ3n) is 5.13. The van der Waals surface area contributed by atoms with Crippen molar-refractivity contribution in [2.45, 2.75) is 26.2 Å². The van der Waals surface area contributed by atoms with Crippen molar-refractivity contribution in [3.63, 3.8) is 0 Å². The van der Waals surface area contributed by atoms with Crippen molar-refractivity contribution in [1.29, 1.82) is 0 Å². The molecule has 0 saturated carbocycles. The van der Waals surface area contributed by atoms with Crippen LogP contribution in [0.25, 0.3) is 16.7 Å². The number of aromatic nitrogens is 3. The SMILES string of the molecule is CCCCc1ccc(-n2nc3cc(Cl)c(NC(=S)NC(=O)c4cccc(Cl)c4Cl)cc3n2)cc1. The lowest BCUT2D eigenvalue weighted by molar-refractivity contribution is 0.0978. The molecular formula is C24H20Cl3N5OS. The number of rotatable bonds is 6. The van der Waals surface area contributed by atoms with Crippen molar-refractivity contribution < 1.29 is 4.79 Å². The zero-order valence-corrected chi connectivity index (χ0v) is 21.2. The van der Waals surface area contributed by atoms with E-state index in [0.29, 0.717) is 21.7 Å². The highest BCUT2D eigenvalue weighted by Gasteiger charge is 2.15. The normalized spacial score (nSPS) is 10.9. The van der Waals surface area contributed by atoms with E-state index < -0.39 is 5.91 Å². The fourth-order valence-electron chi connectivity index (χ4n) is 3.33. The molecule has 0 saturated heterocycles. The number of hydrogen-bond acceptors (Lipinski definition) is 4. The van der Waals surface area contributed by atoms with Gasteiger partial charge in [-0.1, -0.05) is 66.3 Å². The molecule has 1 amide bonds. The first kappa shape index (κ1) is 24.4. The minimum atomic E-state index is -0.490. The van der Waals surface area contributed by atoms with Crippen LogP contribution in [0, 0.1) is 0 Å². The Morgan fingerprint density at radius 1 is 1.00 bits per heavy atom. The van der Waals surface area contributed by atoms with Gasteiger partial charge in [-0.3, -0.25) is 10.1 Å². The van der Waals surface area contributed by atoms with Crippen molar-refractivity contribution in [2.24, 2.45) is 0 Å². The summed E-state index contributed by atoms with van der Waals surface area (Å²) in [4.78, 5) is 14.1. The molecule has 0 radical (unpaired) electrons. The van der Waals surface area contributed by atoms with E-state index in [2.05, 4.69) is 39.9 Å². The number of anilines is 1. The molecule has 4 rings (SSSR count). The number of amides is 1. The highest BCUT2D eigenvalue weighted by Crippen LogP contribution is 2.28. The molecule has 4 aromatic rings. The average Bonchev–Trinajstić information content (AvgIpc) is 3.22. The van der Waals surface area contributed by atoms with Crippen molar-refractivity contribution in [3.8, 4) is 5.69 Å². The molecule has 10 heteroatoms. The maximum absolute atomic E-state index is 12.5. The van der Waals surface area contributed by atoms with Crippen LogP contribution in [0.1, 0.15) is 35.7 Å². The van der Waals surface area contributed by atoms with E-state index in [1.807, 2.05) is 12.1 Å². The minimum absolute atomic E-state index is 0.0531. The number of nitrogens with one attached hydrogen (secondary N) is 2. The molecule has 0 atom stereocenters. The fourth-order valence-corrected chi connectivity index (χ4v) is 4.12. The topological polar surface area (TPSA) is 71.8 Å². The molecule has 0 fully saturated rings. The summed E-state index contributed by atoms with van der Waals surface area (Å²) in [6.45, 7) is 2.18. The van der Waals surface area contributed by atoms with E-state index in [-0.39, 0.29) is 20.7 Å². The largest absolute Gasteiger partial charge is 0.331 e. The summed E-state index contributed by atoms with van der Waals surface area (Å²) in [5, 5.41) is 15.5. The summed E-state index contributed by atoms with van der Waals surface area (Å²) in [6.07, 6.45) is 3.37. The molecular weight excluding hydrogens is 513 g/mol. The second kappa shape index (κ2) is 10.7. The quantitative estimate of drug-likeness (QED) is 0.266. The van der Waals surface area contributed by atoms with Gasteiger partial charge >= 0.3 is 0 Å². The van der Waals surface area contributed by atoms with Gasteiger partial charge in [0.1, 0.15) is 11.0 Å². The third-order valence-corrected chi connectivity index (χ3v) is 6.46. The smallest absolute Gasteiger partial charge is 0.258 e. The Morgan fingerprint density at radius 3 is 2.41 bits per heavy atom. The van der Waals surface area contributed by atoms with Crippen LogP contribution < -0.4 is 10.6 Å². The lowest BCUT2D eigenvalue weighted by atomic mass is 10.1. The highest BCUT2D eigenvalue weighted by molar-refractivity contribution is 7.80. The molecule has 2 N–H and O–H groups in total. The van der Waals surface area contributed by atoms with E-state index in [0.717, 1.165) is 24.9 Å². The van der Waals surface area contributed by atoms with Gasteiger partial charge in [-0.05, 0) is 67.0 Å². The Morgan fingerprint density at radius 2 is 1.71 bits per heavy atom. The highest BCUT2D eigenvalue weighted by atomic mass is 35.5. The Balaban J connectivity index is 1.50. The maximum atomic E-state index is 12.5. The van der Waals surface area contributed by atoms with Crippen LogP contribution in [0.2, 0.25) is 15.1 Å². The predicted molar refractivity (Wildman–Crippen MR) is 143 cm³/mol. The monoisotopic (exact) mass is 531 g/mol. The average molecular weight is 533 g/mol. The van der Waals surface area contributed by atoms with E-state index in [1.165, 1.54) is 5.56 Å². The molecule has 1 aromatic heterocycles. The van der Waals surface area contributed by atoms with Gasteiger partial charge in [-0.25, -0.2) is 0 Å².